The minimum atomic E-state index is 0.190. The van der Waals surface area contributed by atoms with Crippen molar-refractivity contribution in [2.45, 2.75) is 51.9 Å². The van der Waals surface area contributed by atoms with Crippen LogP contribution in [0, 0.1) is 11.8 Å². The number of carbonyl (C=O) groups excluding carboxylic acids is 1. The predicted molar refractivity (Wildman–Crippen MR) is 108 cm³/mol. The molecule has 6 nitrogen and oxygen atoms in total. The molecule has 1 amide bonds. The molecule has 4 heterocycles. The van der Waals surface area contributed by atoms with Crippen molar-refractivity contribution in [1.82, 2.24) is 14.9 Å². The Bertz CT molecular complexity index is 637. The number of rotatable bonds is 3. The lowest BCUT2D eigenvalue weighted by Crippen LogP contribution is -2.46. The van der Waals surface area contributed by atoms with E-state index in [0.717, 1.165) is 70.2 Å². The topological polar surface area (TPSA) is 52.6 Å². The molecule has 0 bridgehead atoms. The Morgan fingerprint density at radius 1 is 0.889 bits per heavy atom. The summed E-state index contributed by atoms with van der Waals surface area (Å²) in [5.41, 5.74) is 0. The van der Waals surface area contributed by atoms with Crippen molar-refractivity contribution in [3.05, 3.63) is 12.4 Å². The lowest BCUT2D eigenvalue weighted by atomic mass is 9.93. The maximum Gasteiger partial charge on any atom is 0.225 e. The van der Waals surface area contributed by atoms with Gasteiger partial charge in [0.15, 0.2) is 0 Å². The van der Waals surface area contributed by atoms with Crippen LogP contribution in [0.4, 0.5) is 11.6 Å². The summed E-state index contributed by atoms with van der Waals surface area (Å²) in [6.07, 6.45) is 9.82. The fourth-order valence-electron chi connectivity index (χ4n) is 4.81. The normalized spacial score (nSPS) is 24.9. The molecule has 3 aliphatic heterocycles. The van der Waals surface area contributed by atoms with Crippen LogP contribution in [0.2, 0.25) is 0 Å². The molecule has 148 valence electrons. The summed E-state index contributed by atoms with van der Waals surface area (Å²) >= 11 is 0. The van der Waals surface area contributed by atoms with Crippen LogP contribution in [0.1, 0.15) is 51.9 Å². The van der Waals surface area contributed by atoms with Gasteiger partial charge in [-0.25, -0.2) is 9.97 Å². The first-order valence-corrected chi connectivity index (χ1v) is 10.8. The fraction of sp³-hybridized carbons (Fsp3) is 0.762. The highest BCUT2D eigenvalue weighted by molar-refractivity contribution is 5.79. The average Bonchev–Trinajstić information content (AvgIpc) is 2.74. The number of amides is 1. The number of likely N-dealkylation sites (tertiary alicyclic amines) is 1. The Labute approximate surface area is 162 Å². The molecule has 0 spiro atoms. The molecular formula is C21H33N5O. The van der Waals surface area contributed by atoms with E-state index in [1.54, 1.807) is 6.33 Å². The van der Waals surface area contributed by atoms with Gasteiger partial charge in [-0.05, 0) is 50.9 Å². The molecular weight excluding hydrogens is 338 g/mol. The van der Waals surface area contributed by atoms with Gasteiger partial charge in [0.2, 0.25) is 5.91 Å². The first kappa shape index (κ1) is 18.5. The summed E-state index contributed by atoms with van der Waals surface area (Å²) in [6.45, 7) is 8.19. The van der Waals surface area contributed by atoms with Crippen molar-refractivity contribution in [3.8, 4) is 0 Å². The van der Waals surface area contributed by atoms with Crippen LogP contribution in [0.3, 0.4) is 0 Å². The zero-order valence-corrected chi connectivity index (χ0v) is 16.6. The monoisotopic (exact) mass is 371 g/mol. The van der Waals surface area contributed by atoms with Crippen molar-refractivity contribution in [3.63, 3.8) is 0 Å². The lowest BCUT2D eigenvalue weighted by Gasteiger charge is -2.37. The Balaban J connectivity index is 1.34. The average molecular weight is 372 g/mol. The number of piperidine rings is 3. The maximum absolute atomic E-state index is 12.9. The van der Waals surface area contributed by atoms with Crippen LogP contribution < -0.4 is 9.80 Å². The van der Waals surface area contributed by atoms with E-state index in [4.69, 9.17) is 0 Å². The van der Waals surface area contributed by atoms with E-state index < -0.39 is 0 Å². The molecule has 0 N–H and O–H groups in total. The Morgan fingerprint density at radius 2 is 1.56 bits per heavy atom. The lowest BCUT2D eigenvalue weighted by molar-refractivity contribution is -0.137. The van der Waals surface area contributed by atoms with Gasteiger partial charge in [-0.3, -0.25) is 4.79 Å². The van der Waals surface area contributed by atoms with E-state index in [-0.39, 0.29) is 5.92 Å². The number of hydrogen-bond acceptors (Lipinski definition) is 5. The highest BCUT2D eigenvalue weighted by atomic mass is 16.2. The molecule has 3 saturated heterocycles. The van der Waals surface area contributed by atoms with Gasteiger partial charge in [0.1, 0.15) is 18.0 Å². The molecule has 0 aromatic carbocycles. The summed E-state index contributed by atoms with van der Waals surface area (Å²) in [5, 5.41) is 0. The van der Waals surface area contributed by atoms with Crippen LogP contribution in [0.25, 0.3) is 0 Å². The molecule has 0 unspecified atom stereocenters. The zero-order chi connectivity index (χ0) is 18.6. The largest absolute Gasteiger partial charge is 0.356 e. The minimum absolute atomic E-state index is 0.190. The van der Waals surface area contributed by atoms with E-state index >= 15 is 0 Å². The second-order valence-electron chi connectivity index (χ2n) is 8.58. The van der Waals surface area contributed by atoms with Crippen molar-refractivity contribution >= 4 is 17.5 Å². The van der Waals surface area contributed by atoms with Crippen LogP contribution >= 0.6 is 0 Å². The standard InChI is InChI=1S/C21H33N5O/c1-17-6-5-11-26(15-17)21(27)18-7-12-25(13-8-18)20-14-19(22-16-23-20)24-9-3-2-4-10-24/h14,16-18H,2-13,15H2,1H3/t17-/m0/s1. The van der Waals surface area contributed by atoms with Crippen molar-refractivity contribution in [2.24, 2.45) is 11.8 Å². The van der Waals surface area contributed by atoms with Gasteiger partial charge in [-0.2, -0.15) is 0 Å². The predicted octanol–water partition coefficient (Wildman–Crippen LogP) is 2.94. The van der Waals surface area contributed by atoms with Gasteiger partial charge >= 0.3 is 0 Å². The van der Waals surface area contributed by atoms with E-state index in [1.165, 1.54) is 25.7 Å². The number of aromatic nitrogens is 2. The van der Waals surface area contributed by atoms with Gasteiger partial charge in [0.25, 0.3) is 0 Å². The quantitative estimate of drug-likeness (QED) is 0.818. The van der Waals surface area contributed by atoms with Crippen LogP contribution in [-0.2, 0) is 4.79 Å². The molecule has 1 aromatic heterocycles. The van der Waals surface area contributed by atoms with Crippen molar-refractivity contribution < 1.29 is 4.79 Å². The molecule has 0 radical (unpaired) electrons. The second kappa shape index (κ2) is 8.44. The third-order valence-corrected chi connectivity index (χ3v) is 6.46. The second-order valence-corrected chi connectivity index (χ2v) is 8.58. The van der Waals surface area contributed by atoms with E-state index in [9.17, 15) is 4.79 Å². The fourth-order valence-corrected chi connectivity index (χ4v) is 4.81. The van der Waals surface area contributed by atoms with Gasteiger partial charge in [0, 0.05) is 51.3 Å². The summed E-state index contributed by atoms with van der Waals surface area (Å²) in [5.74, 6) is 3.30. The Morgan fingerprint density at radius 3 is 2.22 bits per heavy atom. The molecule has 3 aliphatic rings. The number of nitrogens with zero attached hydrogens (tertiary/aromatic N) is 5. The van der Waals surface area contributed by atoms with Gasteiger partial charge < -0.3 is 14.7 Å². The molecule has 1 aromatic rings. The first-order chi connectivity index (χ1) is 13.2. The highest BCUT2D eigenvalue weighted by Gasteiger charge is 2.31. The Kier molecular flexibility index (Phi) is 5.79. The molecule has 0 saturated carbocycles. The maximum atomic E-state index is 12.9. The van der Waals surface area contributed by atoms with Crippen LogP contribution in [0.5, 0.6) is 0 Å². The SMILES string of the molecule is C[C@H]1CCCN(C(=O)C2CCN(c3cc(N4CCCCC4)ncn3)CC2)C1. The summed E-state index contributed by atoms with van der Waals surface area (Å²) in [6, 6.07) is 2.14. The van der Waals surface area contributed by atoms with E-state index in [1.807, 2.05) is 0 Å². The third kappa shape index (κ3) is 4.36. The molecule has 4 rings (SSSR count). The van der Waals surface area contributed by atoms with E-state index in [0.29, 0.717) is 11.8 Å². The molecule has 0 aliphatic carbocycles. The van der Waals surface area contributed by atoms with Gasteiger partial charge in [-0.15, -0.1) is 0 Å². The molecule has 6 heteroatoms. The first-order valence-electron chi connectivity index (χ1n) is 10.8. The van der Waals surface area contributed by atoms with Gasteiger partial charge in [-0.1, -0.05) is 6.92 Å². The van der Waals surface area contributed by atoms with E-state index in [2.05, 4.69) is 37.7 Å². The zero-order valence-electron chi connectivity index (χ0n) is 16.6. The Hall–Kier alpha value is -1.85. The number of carbonyl (C=O) groups is 1. The van der Waals surface area contributed by atoms with Crippen LogP contribution in [-0.4, -0.2) is 60.0 Å². The smallest absolute Gasteiger partial charge is 0.225 e. The van der Waals surface area contributed by atoms with Crippen LogP contribution in [0.15, 0.2) is 12.4 Å². The van der Waals surface area contributed by atoms with Crippen molar-refractivity contribution in [2.75, 3.05) is 49.1 Å². The summed E-state index contributed by atoms with van der Waals surface area (Å²) in [7, 11) is 0. The minimum Gasteiger partial charge on any atom is -0.356 e. The molecule has 1 atom stereocenters. The summed E-state index contributed by atoms with van der Waals surface area (Å²) in [4.78, 5) is 28.7. The molecule has 27 heavy (non-hydrogen) atoms. The van der Waals surface area contributed by atoms with Crippen molar-refractivity contribution in [1.29, 1.82) is 0 Å². The summed E-state index contributed by atoms with van der Waals surface area (Å²) < 4.78 is 0. The number of anilines is 2. The number of hydrogen-bond donors (Lipinski definition) is 0. The van der Waals surface area contributed by atoms with Gasteiger partial charge in [0.05, 0.1) is 0 Å². The molecule has 3 fully saturated rings. The third-order valence-electron chi connectivity index (χ3n) is 6.46. The highest BCUT2D eigenvalue weighted by Crippen LogP contribution is 2.27.